The third kappa shape index (κ3) is 5.59. The zero-order chi connectivity index (χ0) is 24.9. The van der Waals surface area contributed by atoms with E-state index in [0.717, 1.165) is 42.8 Å². The molecule has 2 aromatic heterocycles. The van der Waals surface area contributed by atoms with Crippen LogP contribution in [0.25, 0.3) is 22.7 Å². The number of aryl methyl sites for hydroxylation is 1. The highest BCUT2D eigenvalue weighted by atomic mass is 16.4. The number of benzene rings is 1. The van der Waals surface area contributed by atoms with E-state index in [1.165, 1.54) is 50.6 Å². The zero-order valence-corrected chi connectivity index (χ0v) is 21.8. The second kappa shape index (κ2) is 11.5. The number of hydrogen-bond donors (Lipinski definition) is 1. The molecule has 36 heavy (non-hydrogen) atoms. The van der Waals surface area contributed by atoms with Gasteiger partial charge in [0.1, 0.15) is 5.69 Å². The third-order valence-corrected chi connectivity index (χ3v) is 8.00. The Hall–Kier alpha value is -2.86. The Kier molecular flexibility index (Phi) is 7.90. The highest BCUT2D eigenvalue weighted by Crippen LogP contribution is 2.38. The van der Waals surface area contributed by atoms with Crippen LogP contribution < -0.4 is 5.32 Å². The molecular formula is C30H40N4O2. The van der Waals surface area contributed by atoms with Crippen LogP contribution in [0, 0.1) is 6.92 Å². The Morgan fingerprint density at radius 3 is 2.58 bits per heavy atom. The van der Waals surface area contributed by atoms with Gasteiger partial charge in [0.2, 0.25) is 0 Å². The van der Waals surface area contributed by atoms with Crippen LogP contribution in [0.2, 0.25) is 0 Å². The molecule has 0 radical (unpaired) electrons. The lowest BCUT2D eigenvalue weighted by molar-refractivity contribution is 0.0922. The first-order chi connectivity index (χ1) is 17.6. The maximum atomic E-state index is 12.9. The first-order valence-electron chi connectivity index (χ1n) is 13.9. The number of hydrogen-bond acceptors (Lipinski definition) is 4. The van der Waals surface area contributed by atoms with Crippen molar-refractivity contribution in [2.75, 3.05) is 19.6 Å². The fourth-order valence-corrected chi connectivity index (χ4v) is 5.81. The summed E-state index contributed by atoms with van der Waals surface area (Å²) >= 11 is 0. The summed E-state index contributed by atoms with van der Waals surface area (Å²) in [6.45, 7) is 7.27. The number of carbonyl (C=O) groups is 1. The smallest absolute Gasteiger partial charge is 0.287 e. The van der Waals surface area contributed by atoms with Crippen LogP contribution in [0.15, 0.2) is 47.1 Å². The van der Waals surface area contributed by atoms with E-state index in [4.69, 9.17) is 9.40 Å². The van der Waals surface area contributed by atoms with E-state index in [9.17, 15) is 4.79 Å². The summed E-state index contributed by atoms with van der Waals surface area (Å²) in [4.78, 5) is 20.3. The van der Waals surface area contributed by atoms with Crippen molar-refractivity contribution < 1.29 is 9.21 Å². The monoisotopic (exact) mass is 488 g/mol. The molecule has 2 fully saturated rings. The SMILES string of the molecule is Cc1ccc(-c2ncn(C3CCCCC3)c2-c2ccc(C(=O)NCCCN3CCCCC3C)o2)cc1. The zero-order valence-electron chi connectivity index (χ0n) is 21.8. The lowest BCUT2D eigenvalue weighted by Gasteiger charge is -2.33. The number of rotatable bonds is 8. The van der Waals surface area contributed by atoms with E-state index < -0.39 is 0 Å². The summed E-state index contributed by atoms with van der Waals surface area (Å²) in [5.41, 5.74) is 4.18. The summed E-state index contributed by atoms with van der Waals surface area (Å²) in [7, 11) is 0. The molecular weight excluding hydrogens is 448 g/mol. The van der Waals surface area contributed by atoms with E-state index in [-0.39, 0.29) is 5.91 Å². The molecule has 1 atom stereocenters. The first-order valence-corrected chi connectivity index (χ1v) is 13.9. The van der Waals surface area contributed by atoms with Crippen LogP contribution in [-0.4, -0.2) is 46.0 Å². The topological polar surface area (TPSA) is 63.3 Å². The van der Waals surface area contributed by atoms with Crippen molar-refractivity contribution in [3.8, 4) is 22.7 Å². The van der Waals surface area contributed by atoms with Crippen molar-refractivity contribution in [1.29, 1.82) is 0 Å². The first kappa shape index (κ1) is 24.8. The van der Waals surface area contributed by atoms with Gasteiger partial charge in [-0.3, -0.25) is 4.79 Å². The molecule has 2 aliphatic rings. The van der Waals surface area contributed by atoms with Gasteiger partial charge in [0.15, 0.2) is 11.5 Å². The Morgan fingerprint density at radius 1 is 1.03 bits per heavy atom. The predicted octanol–water partition coefficient (Wildman–Crippen LogP) is 6.62. The molecule has 1 aliphatic heterocycles. The van der Waals surface area contributed by atoms with Gasteiger partial charge >= 0.3 is 0 Å². The van der Waals surface area contributed by atoms with E-state index in [2.05, 4.69) is 52.9 Å². The quantitative estimate of drug-likeness (QED) is 0.362. The summed E-state index contributed by atoms with van der Waals surface area (Å²) in [5.74, 6) is 0.928. The number of piperidine rings is 1. The van der Waals surface area contributed by atoms with Gasteiger partial charge in [-0.05, 0) is 64.6 Å². The molecule has 1 saturated carbocycles. The van der Waals surface area contributed by atoms with Gasteiger partial charge in [-0.2, -0.15) is 0 Å². The van der Waals surface area contributed by atoms with E-state index in [1.54, 1.807) is 6.07 Å². The number of carbonyl (C=O) groups excluding carboxylic acids is 1. The van der Waals surface area contributed by atoms with Crippen LogP contribution >= 0.6 is 0 Å². The van der Waals surface area contributed by atoms with Crippen molar-refractivity contribution >= 4 is 5.91 Å². The molecule has 0 bridgehead atoms. The fourth-order valence-electron chi connectivity index (χ4n) is 5.81. The maximum absolute atomic E-state index is 12.9. The maximum Gasteiger partial charge on any atom is 0.287 e. The van der Waals surface area contributed by atoms with Crippen LogP contribution in [0.1, 0.15) is 86.9 Å². The third-order valence-electron chi connectivity index (χ3n) is 8.00. The second-order valence-electron chi connectivity index (χ2n) is 10.7. The van der Waals surface area contributed by atoms with E-state index in [1.807, 2.05) is 12.4 Å². The Morgan fingerprint density at radius 2 is 1.81 bits per heavy atom. The lowest BCUT2D eigenvalue weighted by Crippen LogP contribution is -2.39. The number of amides is 1. The van der Waals surface area contributed by atoms with Crippen molar-refractivity contribution in [1.82, 2.24) is 19.8 Å². The standard InChI is InChI=1S/C30H40N4O2/c1-22-12-14-24(15-13-22)28-29(34(21-32-28)25-10-4-3-5-11-25)26-16-17-27(36-26)30(35)31-18-8-20-33-19-7-6-9-23(33)2/h12-17,21,23,25H,3-11,18-20H2,1-2H3,(H,31,35). The van der Waals surface area contributed by atoms with Crippen molar-refractivity contribution in [2.45, 2.75) is 83.7 Å². The fraction of sp³-hybridized carbons (Fsp3) is 0.533. The molecule has 1 amide bonds. The molecule has 5 rings (SSSR count). The molecule has 0 spiro atoms. The summed E-state index contributed by atoms with van der Waals surface area (Å²) in [6.07, 6.45) is 12.9. The number of nitrogens with one attached hydrogen (secondary N) is 1. The molecule has 3 heterocycles. The number of furan rings is 1. The molecule has 1 saturated heterocycles. The van der Waals surface area contributed by atoms with Gasteiger partial charge in [0.25, 0.3) is 5.91 Å². The Bertz CT molecular complexity index is 1140. The minimum Gasteiger partial charge on any atom is -0.449 e. The minimum atomic E-state index is -0.145. The molecule has 1 aromatic carbocycles. The van der Waals surface area contributed by atoms with Crippen LogP contribution in [0.3, 0.4) is 0 Å². The Balaban J connectivity index is 1.31. The van der Waals surface area contributed by atoms with Gasteiger partial charge in [-0.15, -0.1) is 0 Å². The van der Waals surface area contributed by atoms with Gasteiger partial charge < -0.3 is 19.2 Å². The van der Waals surface area contributed by atoms with Crippen molar-refractivity contribution in [3.63, 3.8) is 0 Å². The second-order valence-corrected chi connectivity index (χ2v) is 10.7. The molecule has 1 aliphatic carbocycles. The molecule has 6 nitrogen and oxygen atoms in total. The highest BCUT2D eigenvalue weighted by molar-refractivity contribution is 5.92. The van der Waals surface area contributed by atoms with Gasteiger partial charge in [-0.25, -0.2) is 4.98 Å². The molecule has 1 unspecified atom stereocenters. The van der Waals surface area contributed by atoms with Crippen molar-refractivity contribution in [2.24, 2.45) is 0 Å². The molecule has 192 valence electrons. The largest absolute Gasteiger partial charge is 0.449 e. The number of aromatic nitrogens is 2. The van der Waals surface area contributed by atoms with E-state index in [0.29, 0.717) is 30.1 Å². The van der Waals surface area contributed by atoms with Gasteiger partial charge in [0, 0.05) is 30.7 Å². The normalized spacial score (nSPS) is 19.4. The number of imidazole rings is 1. The predicted molar refractivity (Wildman–Crippen MR) is 144 cm³/mol. The molecule has 6 heteroatoms. The van der Waals surface area contributed by atoms with Gasteiger partial charge in [0.05, 0.1) is 12.0 Å². The average Bonchev–Trinajstić information content (AvgIpc) is 3.56. The molecule has 1 N–H and O–H groups in total. The average molecular weight is 489 g/mol. The minimum absolute atomic E-state index is 0.145. The Labute approximate surface area is 215 Å². The van der Waals surface area contributed by atoms with Crippen LogP contribution in [0.4, 0.5) is 0 Å². The molecule has 3 aromatic rings. The summed E-state index contributed by atoms with van der Waals surface area (Å²) < 4.78 is 8.47. The lowest BCUT2D eigenvalue weighted by atomic mass is 9.95. The number of likely N-dealkylation sites (tertiary alicyclic amines) is 1. The highest BCUT2D eigenvalue weighted by Gasteiger charge is 2.25. The van der Waals surface area contributed by atoms with Crippen LogP contribution in [0.5, 0.6) is 0 Å². The summed E-state index contributed by atoms with van der Waals surface area (Å²) in [6, 6.07) is 13.3. The van der Waals surface area contributed by atoms with Crippen LogP contribution in [-0.2, 0) is 0 Å². The number of nitrogens with zero attached hydrogens (tertiary/aromatic N) is 3. The van der Waals surface area contributed by atoms with E-state index >= 15 is 0 Å². The van der Waals surface area contributed by atoms with Crippen molar-refractivity contribution in [3.05, 3.63) is 54.0 Å². The summed E-state index contributed by atoms with van der Waals surface area (Å²) in [5, 5.41) is 3.06. The van der Waals surface area contributed by atoms with Gasteiger partial charge in [-0.1, -0.05) is 55.5 Å².